The molecule has 212 valence electrons. The van der Waals surface area contributed by atoms with Crippen molar-refractivity contribution in [1.29, 1.82) is 0 Å². The standard InChI is InChI=1S/C32H32N8O2/c41-30(38-32(14-7-15-32)31(42)37-24-19-33-29(34-20-24)23-17-35-36-18-23)22-12-13-26-27(16-22)39-40(25-10-5-2-6-11-25)28(26)21-8-3-1-4-9-21/h2,5-6,10-13,16-21H,1,3-4,7-9,14-15H2,(H,35,36)(H,37,42)(H,38,41). The summed E-state index contributed by atoms with van der Waals surface area (Å²) in [6.07, 6.45) is 14.4. The Hall–Kier alpha value is -4.86. The van der Waals surface area contributed by atoms with Gasteiger partial charge in [0.1, 0.15) is 5.54 Å². The number of anilines is 1. The molecule has 0 spiro atoms. The Balaban J connectivity index is 1.12. The largest absolute Gasteiger partial charge is 0.338 e. The van der Waals surface area contributed by atoms with Crippen LogP contribution in [0, 0.1) is 0 Å². The van der Waals surface area contributed by atoms with Gasteiger partial charge >= 0.3 is 0 Å². The number of hydrogen-bond acceptors (Lipinski definition) is 6. The average Bonchev–Trinajstić information content (AvgIpc) is 3.68. The lowest BCUT2D eigenvalue weighted by Gasteiger charge is -2.40. The van der Waals surface area contributed by atoms with Gasteiger partial charge in [-0.1, -0.05) is 43.5 Å². The molecule has 0 radical (unpaired) electrons. The molecular weight excluding hydrogens is 528 g/mol. The molecule has 0 saturated heterocycles. The van der Waals surface area contributed by atoms with Crippen LogP contribution < -0.4 is 10.6 Å². The molecule has 2 saturated carbocycles. The van der Waals surface area contributed by atoms with Gasteiger partial charge in [-0.2, -0.15) is 10.2 Å². The lowest BCUT2D eigenvalue weighted by atomic mass is 9.75. The highest BCUT2D eigenvalue weighted by Crippen LogP contribution is 2.38. The van der Waals surface area contributed by atoms with E-state index in [1.165, 1.54) is 25.0 Å². The van der Waals surface area contributed by atoms with Crippen molar-refractivity contribution in [2.24, 2.45) is 0 Å². The molecule has 0 bridgehead atoms. The van der Waals surface area contributed by atoms with Gasteiger partial charge in [-0.05, 0) is 56.4 Å². The number of carbonyl (C=O) groups excluding carboxylic acids is 2. The van der Waals surface area contributed by atoms with E-state index in [-0.39, 0.29) is 11.8 Å². The van der Waals surface area contributed by atoms with Crippen LogP contribution in [-0.4, -0.2) is 47.3 Å². The normalized spacial score (nSPS) is 16.6. The van der Waals surface area contributed by atoms with E-state index in [0.717, 1.165) is 41.4 Å². The van der Waals surface area contributed by atoms with E-state index in [1.807, 2.05) is 36.4 Å². The van der Waals surface area contributed by atoms with Crippen LogP contribution in [-0.2, 0) is 4.79 Å². The van der Waals surface area contributed by atoms with E-state index in [9.17, 15) is 9.59 Å². The molecule has 0 aliphatic heterocycles. The van der Waals surface area contributed by atoms with Crippen molar-refractivity contribution >= 4 is 28.4 Å². The summed E-state index contributed by atoms with van der Waals surface area (Å²) in [7, 11) is 0. The van der Waals surface area contributed by atoms with Gasteiger partial charge in [0.25, 0.3) is 5.91 Å². The van der Waals surface area contributed by atoms with Gasteiger partial charge in [0.15, 0.2) is 5.82 Å². The monoisotopic (exact) mass is 560 g/mol. The number of fused-ring (bicyclic) bond motifs is 1. The summed E-state index contributed by atoms with van der Waals surface area (Å²) in [6.45, 7) is 0. The highest BCUT2D eigenvalue weighted by atomic mass is 16.2. The number of nitrogens with zero attached hydrogens (tertiary/aromatic N) is 5. The summed E-state index contributed by atoms with van der Waals surface area (Å²) in [5.74, 6) is 0.385. The van der Waals surface area contributed by atoms with Crippen LogP contribution in [0.3, 0.4) is 0 Å². The minimum Gasteiger partial charge on any atom is -0.338 e. The zero-order valence-electron chi connectivity index (χ0n) is 23.2. The fourth-order valence-corrected chi connectivity index (χ4v) is 6.18. The molecule has 42 heavy (non-hydrogen) atoms. The highest BCUT2D eigenvalue weighted by molar-refractivity contribution is 6.05. The number of para-hydroxylation sites is 1. The molecule has 2 aliphatic carbocycles. The second kappa shape index (κ2) is 10.8. The Morgan fingerprint density at radius 3 is 2.40 bits per heavy atom. The average molecular weight is 561 g/mol. The minimum atomic E-state index is -0.980. The molecule has 5 aromatic rings. The van der Waals surface area contributed by atoms with Crippen molar-refractivity contribution < 1.29 is 9.59 Å². The molecule has 7 rings (SSSR count). The molecule has 3 N–H and O–H groups in total. The van der Waals surface area contributed by atoms with Crippen molar-refractivity contribution in [2.45, 2.75) is 62.8 Å². The fourth-order valence-electron chi connectivity index (χ4n) is 6.18. The molecule has 2 aliphatic rings. The molecule has 0 unspecified atom stereocenters. The van der Waals surface area contributed by atoms with E-state index >= 15 is 0 Å². The number of rotatable bonds is 7. The van der Waals surface area contributed by atoms with Crippen molar-refractivity contribution in [1.82, 2.24) is 35.3 Å². The third-order valence-corrected chi connectivity index (χ3v) is 8.63. The predicted octanol–water partition coefficient (Wildman–Crippen LogP) is 5.54. The first kappa shape index (κ1) is 26.1. The lowest BCUT2D eigenvalue weighted by molar-refractivity contribution is -0.125. The summed E-state index contributed by atoms with van der Waals surface area (Å²) in [4.78, 5) is 35.6. The maximum Gasteiger partial charge on any atom is 0.252 e. The summed E-state index contributed by atoms with van der Waals surface area (Å²) >= 11 is 0. The molecule has 2 aromatic carbocycles. The Morgan fingerprint density at radius 2 is 1.71 bits per heavy atom. The Kier molecular flexibility index (Phi) is 6.73. The Labute approximate surface area is 243 Å². The maximum absolute atomic E-state index is 13.5. The van der Waals surface area contributed by atoms with Gasteiger partial charge in [-0.15, -0.1) is 0 Å². The number of aromatic amines is 1. The number of H-pyrrole nitrogens is 1. The molecule has 2 amide bonds. The van der Waals surface area contributed by atoms with E-state index in [1.54, 1.807) is 24.8 Å². The summed E-state index contributed by atoms with van der Waals surface area (Å²) in [5, 5.41) is 18.6. The predicted molar refractivity (Wildman–Crippen MR) is 159 cm³/mol. The second-order valence-corrected chi connectivity index (χ2v) is 11.3. The summed E-state index contributed by atoms with van der Waals surface area (Å²) in [5.41, 5.74) is 3.76. The van der Waals surface area contributed by atoms with E-state index in [2.05, 4.69) is 47.6 Å². The van der Waals surface area contributed by atoms with Crippen molar-refractivity contribution in [3.8, 4) is 17.1 Å². The van der Waals surface area contributed by atoms with Crippen LogP contribution in [0.5, 0.6) is 0 Å². The third-order valence-electron chi connectivity index (χ3n) is 8.63. The van der Waals surface area contributed by atoms with Gasteiger partial charge in [0, 0.05) is 23.1 Å². The van der Waals surface area contributed by atoms with Crippen molar-refractivity contribution in [2.75, 3.05) is 5.32 Å². The first-order valence-electron chi connectivity index (χ1n) is 14.6. The zero-order chi connectivity index (χ0) is 28.5. The number of carbonyl (C=O) groups is 2. The van der Waals surface area contributed by atoms with Gasteiger partial charge in [0.2, 0.25) is 5.91 Å². The SMILES string of the molecule is O=C(NC1(C(=O)Nc2cnc(-c3cn[nH]c3)nc2)CCC1)c1ccc2c(C3CCCCC3)n(-c3ccccc3)nc2c1. The minimum absolute atomic E-state index is 0.268. The van der Waals surface area contributed by atoms with E-state index < -0.39 is 5.54 Å². The van der Waals surface area contributed by atoms with Crippen molar-refractivity contribution in [3.63, 3.8) is 0 Å². The topological polar surface area (TPSA) is 130 Å². The summed E-state index contributed by atoms with van der Waals surface area (Å²) in [6, 6.07) is 15.9. The first-order chi connectivity index (χ1) is 20.6. The number of amides is 2. The maximum atomic E-state index is 13.5. The second-order valence-electron chi connectivity index (χ2n) is 11.3. The quantitative estimate of drug-likeness (QED) is 0.239. The highest BCUT2D eigenvalue weighted by Gasteiger charge is 2.45. The molecule has 3 aromatic heterocycles. The molecule has 10 nitrogen and oxygen atoms in total. The number of benzene rings is 2. The van der Waals surface area contributed by atoms with E-state index in [0.29, 0.717) is 35.8 Å². The lowest BCUT2D eigenvalue weighted by Crippen LogP contribution is -2.61. The van der Waals surface area contributed by atoms with Gasteiger partial charge in [0.05, 0.1) is 46.7 Å². The summed E-state index contributed by atoms with van der Waals surface area (Å²) < 4.78 is 2.06. The Morgan fingerprint density at radius 1 is 0.929 bits per heavy atom. The van der Waals surface area contributed by atoms with Crippen LogP contribution >= 0.6 is 0 Å². The van der Waals surface area contributed by atoms with Crippen LogP contribution in [0.25, 0.3) is 28.0 Å². The molecule has 10 heteroatoms. The van der Waals surface area contributed by atoms with Gasteiger partial charge in [-0.25, -0.2) is 14.6 Å². The third kappa shape index (κ3) is 4.82. The van der Waals surface area contributed by atoms with E-state index in [4.69, 9.17) is 5.10 Å². The van der Waals surface area contributed by atoms with Crippen LogP contribution in [0.15, 0.2) is 73.3 Å². The first-order valence-corrected chi connectivity index (χ1v) is 14.6. The van der Waals surface area contributed by atoms with Gasteiger partial charge in [-0.3, -0.25) is 14.7 Å². The van der Waals surface area contributed by atoms with Crippen LogP contribution in [0.4, 0.5) is 5.69 Å². The zero-order valence-corrected chi connectivity index (χ0v) is 23.2. The molecule has 2 fully saturated rings. The molecular formula is C32H32N8O2. The molecule has 3 heterocycles. The number of aromatic nitrogens is 6. The number of hydrogen-bond donors (Lipinski definition) is 3. The smallest absolute Gasteiger partial charge is 0.252 e. The van der Waals surface area contributed by atoms with Crippen molar-refractivity contribution in [3.05, 3.63) is 84.6 Å². The number of nitrogens with one attached hydrogen (secondary N) is 3. The molecule has 0 atom stereocenters. The fraction of sp³-hybridized carbons (Fsp3) is 0.312. The van der Waals surface area contributed by atoms with Gasteiger partial charge < -0.3 is 10.6 Å². The van der Waals surface area contributed by atoms with Crippen LogP contribution in [0.2, 0.25) is 0 Å². The van der Waals surface area contributed by atoms with Crippen LogP contribution in [0.1, 0.15) is 73.3 Å². The Bertz CT molecular complexity index is 1720.